The Kier molecular flexibility index (Phi) is 5.46. The summed E-state index contributed by atoms with van der Waals surface area (Å²) < 4.78 is 5.45. The average Bonchev–Trinajstić information content (AvgIpc) is 2.92. The van der Waals surface area contributed by atoms with Crippen molar-refractivity contribution in [1.29, 1.82) is 0 Å². The van der Waals surface area contributed by atoms with Gasteiger partial charge in [0, 0.05) is 23.7 Å². The summed E-state index contributed by atoms with van der Waals surface area (Å²) in [6.45, 7) is 9.07. The van der Waals surface area contributed by atoms with E-state index in [4.69, 9.17) is 4.42 Å². The summed E-state index contributed by atoms with van der Waals surface area (Å²) in [6.07, 6.45) is 1.65. The lowest BCUT2D eigenvalue weighted by Gasteiger charge is -2.23. The van der Waals surface area contributed by atoms with Crippen molar-refractivity contribution >= 4 is 17.6 Å². The van der Waals surface area contributed by atoms with Crippen molar-refractivity contribution in [3.63, 3.8) is 0 Å². The highest BCUT2D eigenvalue weighted by Gasteiger charge is 2.20. The Balaban J connectivity index is 1.91. The number of oxazole rings is 1. The molecule has 3 N–H and O–H groups in total. The lowest BCUT2D eigenvalue weighted by atomic mass is 10.1. The van der Waals surface area contributed by atoms with Gasteiger partial charge in [-0.25, -0.2) is 9.78 Å². The second-order valence-corrected chi connectivity index (χ2v) is 6.88. The molecule has 2 aromatic rings. The van der Waals surface area contributed by atoms with E-state index in [1.165, 1.54) is 0 Å². The second-order valence-electron chi connectivity index (χ2n) is 6.88. The van der Waals surface area contributed by atoms with Crippen molar-refractivity contribution in [2.45, 2.75) is 46.2 Å². The maximum absolute atomic E-state index is 12.0. The van der Waals surface area contributed by atoms with E-state index in [1.807, 2.05) is 32.9 Å². The number of amides is 3. The predicted molar refractivity (Wildman–Crippen MR) is 96.2 cm³/mol. The first-order valence-corrected chi connectivity index (χ1v) is 8.06. The summed E-state index contributed by atoms with van der Waals surface area (Å²) in [5, 5.41) is 8.13. The van der Waals surface area contributed by atoms with E-state index >= 15 is 0 Å². The molecule has 1 unspecified atom stereocenters. The number of benzene rings is 1. The van der Waals surface area contributed by atoms with Crippen LogP contribution in [0, 0.1) is 6.92 Å². The lowest BCUT2D eigenvalue weighted by molar-refractivity contribution is -0.123. The average molecular weight is 344 g/mol. The number of hydrogen-bond acceptors (Lipinski definition) is 4. The minimum atomic E-state index is -0.643. The van der Waals surface area contributed by atoms with Gasteiger partial charge in [0.25, 0.3) is 0 Å². The van der Waals surface area contributed by atoms with E-state index < -0.39 is 12.1 Å². The van der Waals surface area contributed by atoms with E-state index in [-0.39, 0.29) is 11.4 Å². The third-order valence-electron chi connectivity index (χ3n) is 3.29. The second kappa shape index (κ2) is 7.38. The van der Waals surface area contributed by atoms with Crippen molar-refractivity contribution in [3.05, 3.63) is 36.4 Å². The van der Waals surface area contributed by atoms with E-state index in [1.54, 1.807) is 32.2 Å². The molecule has 1 aromatic heterocycles. The van der Waals surface area contributed by atoms with Gasteiger partial charge < -0.3 is 20.4 Å². The zero-order valence-corrected chi connectivity index (χ0v) is 15.1. The van der Waals surface area contributed by atoms with E-state index in [0.717, 1.165) is 5.56 Å². The molecule has 0 fully saturated rings. The van der Waals surface area contributed by atoms with Gasteiger partial charge in [-0.1, -0.05) is 0 Å². The lowest BCUT2D eigenvalue weighted by Crippen LogP contribution is -2.51. The Bertz CT molecular complexity index is 744. The molecule has 0 bridgehead atoms. The zero-order valence-electron chi connectivity index (χ0n) is 15.1. The van der Waals surface area contributed by atoms with Crippen LogP contribution in [0.3, 0.4) is 0 Å². The zero-order chi connectivity index (χ0) is 18.6. The molecule has 1 aromatic carbocycles. The number of aryl methyl sites for hydroxylation is 1. The van der Waals surface area contributed by atoms with Crippen LogP contribution >= 0.6 is 0 Å². The predicted octanol–water partition coefficient (Wildman–Crippen LogP) is 3.07. The maximum atomic E-state index is 12.0. The standard InChI is InChI=1S/C18H24N4O3/c1-11(16(23)22-18(3,4)5)20-17(24)21-14-8-6-13(7-9-14)15-10-19-12(2)25-15/h6-11H,1-5H3,(H,22,23)(H2,20,21,24). The fourth-order valence-electron chi connectivity index (χ4n) is 2.12. The maximum Gasteiger partial charge on any atom is 0.319 e. The van der Waals surface area contributed by atoms with Gasteiger partial charge in [0.15, 0.2) is 11.7 Å². The molecule has 7 nitrogen and oxygen atoms in total. The molecule has 0 saturated carbocycles. The van der Waals surface area contributed by atoms with Gasteiger partial charge in [-0.2, -0.15) is 0 Å². The molecular weight excluding hydrogens is 320 g/mol. The number of aromatic nitrogens is 1. The number of nitrogens with zero attached hydrogens (tertiary/aromatic N) is 1. The highest BCUT2D eigenvalue weighted by atomic mass is 16.4. The van der Waals surface area contributed by atoms with Gasteiger partial charge in [-0.15, -0.1) is 0 Å². The Morgan fingerprint density at radius 2 is 1.80 bits per heavy atom. The monoisotopic (exact) mass is 344 g/mol. The molecule has 0 saturated heterocycles. The minimum Gasteiger partial charge on any atom is -0.441 e. The molecule has 0 aliphatic heterocycles. The van der Waals surface area contributed by atoms with Crippen molar-refractivity contribution in [2.24, 2.45) is 0 Å². The minimum absolute atomic E-state index is 0.237. The molecule has 1 heterocycles. The van der Waals surface area contributed by atoms with Crippen LogP contribution in [-0.2, 0) is 4.79 Å². The van der Waals surface area contributed by atoms with Gasteiger partial charge in [-0.3, -0.25) is 4.79 Å². The molecule has 25 heavy (non-hydrogen) atoms. The largest absolute Gasteiger partial charge is 0.441 e. The van der Waals surface area contributed by atoms with Gasteiger partial charge in [-0.05, 0) is 52.0 Å². The van der Waals surface area contributed by atoms with Crippen LogP contribution in [0.1, 0.15) is 33.6 Å². The van der Waals surface area contributed by atoms with Crippen molar-refractivity contribution < 1.29 is 14.0 Å². The smallest absolute Gasteiger partial charge is 0.319 e. The SMILES string of the molecule is Cc1ncc(-c2ccc(NC(=O)NC(C)C(=O)NC(C)(C)C)cc2)o1. The molecular formula is C18H24N4O3. The molecule has 1 atom stereocenters. The Hall–Kier alpha value is -2.83. The molecule has 2 rings (SSSR count). The quantitative estimate of drug-likeness (QED) is 0.794. The van der Waals surface area contributed by atoms with E-state index in [9.17, 15) is 9.59 Å². The topological polar surface area (TPSA) is 96.3 Å². The number of rotatable bonds is 4. The van der Waals surface area contributed by atoms with Crippen molar-refractivity contribution in [1.82, 2.24) is 15.6 Å². The summed E-state index contributed by atoms with van der Waals surface area (Å²) in [6, 6.07) is 6.08. The first kappa shape index (κ1) is 18.5. The number of hydrogen-bond donors (Lipinski definition) is 3. The number of anilines is 1. The van der Waals surface area contributed by atoms with Crippen molar-refractivity contribution in [2.75, 3.05) is 5.32 Å². The highest BCUT2D eigenvalue weighted by molar-refractivity contribution is 5.93. The molecule has 0 spiro atoms. The number of carbonyl (C=O) groups is 2. The van der Waals surface area contributed by atoms with Crippen LogP contribution in [0.15, 0.2) is 34.9 Å². The van der Waals surface area contributed by atoms with E-state index in [0.29, 0.717) is 17.3 Å². The number of carbonyl (C=O) groups excluding carboxylic acids is 2. The summed E-state index contributed by atoms with van der Waals surface area (Å²) in [5.74, 6) is 1.03. The highest BCUT2D eigenvalue weighted by Crippen LogP contribution is 2.22. The van der Waals surface area contributed by atoms with Crippen molar-refractivity contribution in [3.8, 4) is 11.3 Å². The Labute approximate surface area is 147 Å². The summed E-state index contributed by atoms with van der Waals surface area (Å²) in [5.41, 5.74) is 1.13. The van der Waals surface area contributed by atoms with Crippen LogP contribution in [-0.4, -0.2) is 28.5 Å². The van der Waals surface area contributed by atoms with Crippen LogP contribution < -0.4 is 16.0 Å². The normalized spacial score (nSPS) is 12.4. The fraction of sp³-hybridized carbons (Fsp3) is 0.389. The number of nitrogens with one attached hydrogen (secondary N) is 3. The molecule has 0 radical (unpaired) electrons. The summed E-state index contributed by atoms with van der Waals surface area (Å²) >= 11 is 0. The fourth-order valence-corrected chi connectivity index (χ4v) is 2.12. The van der Waals surface area contributed by atoms with E-state index in [2.05, 4.69) is 20.9 Å². The first-order chi connectivity index (χ1) is 11.6. The first-order valence-electron chi connectivity index (χ1n) is 8.06. The molecule has 134 valence electrons. The van der Waals surface area contributed by atoms with Gasteiger partial charge in [0.05, 0.1) is 6.20 Å². The van der Waals surface area contributed by atoms with Crippen LogP contribution in [0.4, 0.5) is 10.5 Å². The third kappa shape index (κ3) is 5.63. The summed E-state index contributed by atoms with van der Waals surface area (Å²) in [4.78, 5) is 28.1. The molecule has 0 aliphatic carbocycles. The molecule has 7 heteroatoms. The van der Waals surface area contributed by atoms with Crippen LogP contribution in [0.5, 0.6) is 0 Å². The third-order valence-corrected chi connectivity index (χ3v) is 3.29. The van der Waals surface area contributed by atoms with Gasteiger partial charge in [0.1, 0.15) is 6.04 Å². The molecule has 0 aliphatic rings. The Morgan fingerprint density at radius 3 is 2.32 bits per heavy atom. The summed E-state index contributed by atoms with van der Waals surface area (Å²) in [7, 11) is 0. The number of urea groups is 1. The molecule has 3 amide bonds. The van der Waals surface area contributed by atoms with Crippen LogP contribution in [0.25, 0.3) is 11.3 Å². The van der Waals surface area contributed by atoms with Gasteiger partial charge >= 0.3 is 6.03 Å². The Morgan fingerprint density at radius 1 is 1.16 bits per heavy atom. The van der Waals surface area contributed by atoms with Gasteiger partial charge in [0.2, 0.25) is 5.91 Å². The van der Waals surface area contributed by atoms with Crippen LogP contribution in [0.2, 0.25) is 0 Å².